The van der Waals surface area contributed by atoms with Crippen LogP contribution in [0.15, 0.2) is 48.6 Å². The summed E-state index contributed by atoms with van der Waals surface area (Å²) in [5.41, 5.74) is 1.19. The summed E-state index contributed by atoms with van der Waals surface area (Å²) < 4.78 is 12.6. The van der Waals surface area contributed by atoms with Crippen LogP contribution in [0.25, 0.3) is 0 Å². The molecule has 0 amide bonds. The summed E-state index contributed by atoms with van der Waals surface area (Å²) >= 11 is 0. The van der Waals surface area contributed by atoms with Crippen molar-refractivity contribution < 1.29 is 24.5 Å². The van der Waals surface area contributed by atoms with Crippen LogP contribution in [0.2, 0.25) is 0 Å². The van der Waals surface area contributed by atoms with Crippen molar-refractivity contribution in [3.63, 3.8) is 0 Å². The molecule has 30 heavy (non-hydrogen) atoms. The maximum Gasteiger partial charge on any atom is 0.170 e. The molecule has 1 unspecified atom stereocenters. The summed E-state index contributed by atoms with van der Waals surface area (Å²) in [6, 6.07) is 10.4. The molecule has 4 rings (SSSR count). The monoisotopic (exact) mass is 408 g/mol. The van der Waals surface area contributed by atoms with E-state index in [0.717, 1.165) is 29.7 Å². The summed E-state index contributed by atoms with van der Waals surface area (Å²) in [5, 5.41) is 19.4. The summed E-state index contributed by atoms with van der Waals surface area (Å²) in [6.45, 7) is 5.55. The van der Waals surface area contributed by atoms with Gasteiger partial charge < -0.3 is 19.7 Å². The number of benzene rings is 2. The zero-order valence-corrected chi connectivity index (χ0v) is 17.6. The predicted molar refractivity (Wildman–Crippen MR) is 114 cm³/mol. The van der Waals surface area contributed by atoms with Gasteiger partial charge in [-0.2, -0.15) is 0 Å². The molecule has 0 aliphatic carbocycles. The Hall–Kier alpha value is -2.79. The number of carbonyl (C=O) groups is 1. The van der Waals surface area contributed by atoms with E-state index in [1.165, 1.54) is 0 Å². The van der Waals surface area contributed by atoms with Gasteiger partial charge in [0.05, 0.1) is 17.6 Å². The third kappa shape index (κ3) is 4.21. The number of rotatable bonds is 4. The lowest BCUT2D eigenvalue weighted by Crippen LogP contribution is -2.36. The van der Waals surface area contributed by atoms with Crippen LogP contribution in [-0.2, 0) is 6.42 Å². The molecule has 5 heteroatoms. The Morgan fingerprint density at radius 2 is 1.93 bits per heavy atom. The molecule has 2 heterocycles. The van der Waals surface area contributed by atoms with Crippen LogP contribution in [0.4, 0.5) is 0 Å². The summed E-state index contributed by atoms with van der Waals surface area (Å²) in [6.07, 6.45) is 5.87. The van der Waals surface area contributed by atoms with Gasteiger partial charge in [-0.1, -0.05) is 24.3 Å². The van der Waals surface area contributed by atoms with Crippen LogP contribution < -0.4 is 9.47 Å². The molecule has 0 bridgehead atoms. The molecule has 0 spiro atoms. The van der Waals surface area contributed by atoms with Crippen LogP contribution >= 0.6 is 0 Å². The third-order valence-electron chi connectivity index (χ3n) is 5.75. The van der Waals surface area contributed by atoms with Gasteiger partial charge in [-0.25, -0.2) is 0 Å². The summed E-state index contributed by atoms with van der Waals surface area (Å²) in [7, 11) is 0. The number of phenols is 1. The number of hydrogen-bond donors (Lipinski definition) is 2. The van der Waals surface area contributed by atoms with E-state index in [4.69, 9.17) is 9.47 Å². The Labute approximate surface area is 177 Å². The second-order valence-electron chi connectivity index (χ2n) is 9.06. The average molecular weight is 408 g/mol. The predicted octanol–water partition coefficient (Wildman–Crippen LogP) is 4.90. The highest BCUT2D eigenvalue weighted by Gasteiger charge is 2.36. The first-order valence-electron chi connectivity index (χ1n) is 10.4. The van der Waals surface area contributed by atoms with Crippen molar-refractivity contribution in [3.8, 4) is 17.2 Å². The second kappa shape index (κ2) is 7.47. The van der Waals surface area contributed by atoms with E-state index in [0.29, 0.717) is 17.7 Å². The first-order chi connectivity index (χ1) is 14.1. The van der Waals surface area contributed by atoms with E-state index in [1.54, 1.807) is 50.3 Å². The zero-order valence-electron chi connectivity index (χ0n) is 17.6. The normalized spacial score (nSPS) is 23.5. The fourth-order valence-corrected chi connectivity index (χ4v) is 4.08. The Kier molecular flexibility index (Phi) is 5.10. The highest BCUT2D eigenvalue weighted by molar-refractivity contribution is 6.00. The maximum atomic E-state index is 12.8. The Balaban J connectivity index is 1.59. The largest absolute Gasteiger partial charge is 0.508 e. The lowest BCUT2D eigenvalue weighted by Gasteiger charge is -2.37. The molecule has 2 atom stereocenters. The molecule has 2 N–H and O–H groups in total. The number of carbonyl (C=O) groups excluding carboxylic acids is 1. The van der Waals surface area contributed by atoms with E-state index in [1.807, 2.05) is 12.1 Å². The SMILES string of the molecule is CC(C)(O)/C=C/CC1(C)CCc2c(ccc3c2O[C@H](c2ccc(O)cc2)CC3=O)O1. The number of hydrogen-bond acceptors (Lipinski definition) is 5. The number of phenolic OH excluding ortho intramolecular Hbond substituents is 1. The van der Waals surface area contributed by atoms with Gasteiger partial charge in [0.15, 0.2) is 5.78 Å². The molecular formula is C25H28O5. The van der Waals surface area contributed by atoms with Crippen LogP contribution in [0, 0.1) is 0 Å². The third-order valence-corrected chi connectivity index (χ3v) is 5.75. The molecule has 0 fully saturated rings. The number of aromatic hydroxyl groups is 1. The Bertz CT molecular complexity index is 984. The Morgan fingerprint density at radius 1 is 1.20 bits per heavy atom. The van der Waals surface area contributed by atoms with Gasteiger partial charge >= 0.3 is 0 Å². The van der Waals surface area contributed by atoms with E-state index in [9.17, 15) is 15.0 Å². The first kappa shape index (κ1) is 20.5. The minimum atomic E-state index is -0.848. The van der Waals surface area contributed by atoms with E-state index in [2.05, 4.69) is 6.92 Å². The molecule has 2 aromatic rings. The highest BCUT2D eigenvalue weighted by Crippen LogP contribution is 2.46. The van der Waals surface area contributed by atoms with Gasteiger partial charge in [0.2, 0.25) is 0 Å². The van der Waals surface area contributed by atoms with Crippen molar-refractivity contribution in [2.75, 3.05) is 0 Å². The number of fused-ring (bicyclic) bond motifs is 3. The minimum Gasteiger partial charge on any atom is -0.508 e. The molecule has 0 saturated heterocycles. The van der Waals surface area contributed by atoms with Gasteiger partial charge in [-0.3, -0.25) is 4.79 Å². The van der Waals surface area contributed by atoms with Crippen LogP contribution in [0.3, 0.4) is 0 Å². The van der Waals surface area contributed by atoms with E-state index < -0.39 is 5.60 Å². The molecular weight excluding hydrogens is 380 g/mol. The van der Waals surface area contributed by atoms with Crippen molar-refractivity contribution >= 4 is 5.78 Å². The van der Waals surface area contributed by atoms with Crippen molar-refractivity contribution in [2.24, 2.45) is 0 Å². The van der Waals surface area contributed by atoms with Gasteiger partial charge in [-0.15, -0.1) is 0 Å². The van der Waals surface area contributed by atoms with Crippen LogP contribution in [-0.4, -0.2) is 27.2 Å². The maximum absolute atomic E-state index is 12.8. The second-order valence-corrected chi connectivity index (χ2v) is 9.06. The smallest absolute Gasteiger partial charge is 0.170 e. The number of ketones is 1. The van der Waals surface area contributed by atoms with Crippen molar-refractivity contribution in [1.82, 2.24) is 0 Å². The highest BCUT2D eigenvalue weighted by atomic mass is 16.5. The molecule has 2 aliphatic heterocycles. The summed E-state index contributed by atoms with van der Waals surface area (Å²) in [5.74, 6) is 1.61. The molecule has 0 saturated carbocycles. The molecule has 0 aromatic heterocycles. The topological polar surface area (TPSA) is 76.0 Å². The summed E-state index contributed by atoms with van der Waals surface area (Å²) in [4.78, 5) is 12.8. The number of ether oxygens (including phenoxy) is 2. The van der Waals surface area contributed by atoms with Crippen LogP contribution in [0.5, 0.6) is 17.2 Å². The molecule has 158 valence electrons. The van der Waals surface area contributed by atoms with Gasteiger partial charge in [0, 0.05) is 12.0 Å². The lowest BCUT2D eigenvalue weighted by molar-refractivity contribution is 0.0635. The van der Waals surface area contributed by atoms with Crippen LogP contribution in [0.1, 0.15) is 67.6 Å². The molecule has 2 aliphatic rings. The quantitative estimate of drug-likeness (QED) is 0.704. The zero-order chi connectivity index (χ0) is 21.5. The first-order valence-corrected chi connectivity index (χ1v) is 10.4. The van der Waals surface area contributed by atoms with Gasteiger partial charge in [0.1, 0.15) is 29.0 Å². The fourth-order valence-electron chi connectivity index (χ4n) is 4.08. The van der Waals surface area contributed by atoms with Crippen molar-refractivity contribution in [3.05, 3.63) is 65.2 Å². The number of aliphatic hydroxyl groups is 1. The van der Waals surface area contributed by atoms with Crippen molar-refractivity contribution in [1.29, 1.82) is 0 Å². The minimum absolute atomic E-state index is 0.0542. The van der Waals surface area contributed by atoms with E-state index in [-0.39, 0.29) is 29.7 Å². The Morgan fingerprint density at radius 3 is 2.63 bits per heavy atom. The fraction of sp³-hybridized carbons (Fsp3) is 0.400. The molecule has 5 nitrogen and oxygen atoms in total. The van der Waals surface area contributed by atoms with E-state index >= 15 is 0 Å². The molecule has 0 radical (unpaired) electrons. The average Bonchev–Trinajstić information content (AvgIpc) is 2.66. The number of Topliss-reactive ketones (excluding diaryl/α,β-unsaturated/α-hetero) is 1. The van der Waals surface area contributed by atoms with Gasteiger partial charge in [0.25, 0.3) is 0 Å². The standard InChI is InChI=1S/C25H28O5/c1-24(2,28)12-4-13-25(3)14-11-19-21(30-25)10-9-18-20(27)15-22(29-23(18)19)16-5-7-17(26)8-6-16/h4-10,12,22,26,28H,11,13-15H2,1-3H3/b12-4+/t22-,25?/m0/s1. The van der Waals surface area contributed by atoms with Crippen molar-refractivity contribution in [2.45, 2.75) is 63.8 Å². The van der Waals surface area contributed by atoms with Gasteiger partial charge in [-0.05, 0) is 63.4 Å². The lowest BCUT2D eigenvalue weighted by atomic mass is 9.86. The molecule has 2 aromatic carbocycles.